The van der Waals surface area contributed by atoms with Crippen molar-refractivity contribution in [1.82, 2.24) is 4.98 Å². The van der Waals surface area contributed by atoms with Crippen LogP contribution in [0.5, 0.6) is 0 Å². The summed E-state index contributed by atoms with van der Waals surface area (Å²) in [5.41, 5.74) is 1.21. The van der Waals surface area contributed by atoms with Crippen LogP contribution in [0.2, 0.25) is 0 Å². The second kappa shape index (κ2) is 4.30. The van der Waals surface area contributed by atoms with Crippen LogP contribution in [-0.2, 0) is 6.42 Å². The maximum atomic E-state index is 4.51. The van der Waals surface area contributed by atoms with Crippen molar-refractivity contribution in [3.63, 3.8) is 0 Å². The predicted octanol–water partition coefficient (Wildman–Crippen LogP) is 3.31. The van der Waals surface area contributed by atoms with Crippen LogP contribution in [0.25, 0.3) is 0 Å². The minimum Gasteiger partial charge on any atom is -0.358 e. The summed E-state index contributed by atoms with van der Waals surface area (Å²) >= 11 is 1.74. The summed E-state index contributed by atoms with van der Waals surface area (Å²) in [6, 6.07) is 0.714. The largest absolute Gasteiger partial charge is 0.358 e. The van der Waals surface area contributed by atoms with Crippen LogP contribution in [-0.4, -0.2) is 11.0 Å². The Morgan fingerprint density at radius 3 is 3.07 bits per heavy atom. The zero-order valence-electron chi connectivity index (χ0n) is 8.92. The lowest BCUT2D eigenvalue weighted by atomic mass is 10.2. The molecule has 0 spiro atoms. The molecular formula is C11H18N2S. The van der Waals surface area contributed by atoms with Crippen molar-refractivity contribution in [2.24, 2.45) is 5.92 Å². The molecule has 1 fully saturated rings. The lowest BCUT2D eigenvalue weighted by molar-refractivity contribution is 0.692. The smallest absolute Gasteiger partial charge is 0.183 e. The fourth-order valence-corrected chi connectivity index (χ4v) is 2.66. The van der Waals surface area contributed by atoms with Crippen LogP contribution in [0.4, 0.5) is 5.13 Å². The molecular weight excluding hydrogens is 192 g/mol. The van der Waals surface area contributed by atoms with Crippen LogP contribution in [0.15, 0.2) is 5.38 Å². The van der Waals surface area contributed by atoms with Gasteiger partial charge in [0.2, 0.25) is 0 Å². The van der Waals surface area contributed by atoms with Gasteiger partial charge in [0, 0.05) is 11.4 Å². The summed E-state index contributed by atoms with van der Waals surface area (Å²) in [6.07, 6.45) is 5.06. The second-order valence-electron chi connectivity index (χ2n) is 4.03. The van der Waals surface area contributed by atoms with E-state index in [-0.39, 0.29) is 0 Å². The summed E-state index contributed by atoms with van der Waals surface area (Å²) in [5, 5.41) is 6.78. The van der Waals surface area contributed by atoms with Crippen molar-refractivity contribution in [2.45, 2.75) is 45.6 Å². The molecule has 1 heterocycles. The first-order chi connectivity index (χ1) is 6.83. The molecule has 1 aliphatic carbocycles. The molecule has 0 radical (unpaired) electrons. The molecule has 0 saturated heterocycles. The van der Waals surface area contributed by atoms with Crippen LogP contribution in [0.1, 0.15) is 38.8 Å². The molecule has 2 atom stereocenters. The topological polar surface area (TPSA) is 24.9 Å². The van der Waals surface area contributed by atoms with Gasteiger partial charge in [-0.3, -0.25) is 0 Å². The summed E-state index contributed by atoms with van der Waals surface area (Å²) < 4.78 is 0. The minimum atomic E-state index is 0.714. The van der Waals surface area contributed by atoms with Crippen molar-refractivity contribution in [3.05, 3.63) is 11.1 Å². The minimum absolute atomic E-state index is 0.714. The van der Waals surface area contributed by atoms with Gasteiger partial charge in [-0.25, -0.2) is 4.98 Å². The first kappa shape index (κ1) is 9.97. The molecule has 2 unspecified atom stereocenters. The van der Waals surface area contributed by atoms with E-state index in [2.05, 4.69) is 29.5 Å². The van der Waals surface area contributed by atoms with Crippen LogP contribution in [0.3, 0.4) is 0 Å². The van der Waals surface area contributed by atoms with E-state index in [1.165, 1.54) is 25.0 Å². The lowest BCUT2D eigenvalue weighted by Crippen LogP contribution is -2.04. The standard InChI is InChI=1S/C11H18N2S/c1-3-5-8-6-10(8)13-11-12-9(4-2)7-14-11/h7-8,10H,3-6H2,1-2H3,(H,12,13). The number of rotatable bonds is 5. The molecule has 1 aromatic heterocycles. The molecule has 78 valence electrons. The quantitative estimate of drug-likeness (QED) is 0.806. The zero-order chi connectivity index (χ0) is 9.97. The number of aryl methyl sites for hydroxylation is 1. The molecule has 3 heteroatoms. The van der Waals surface area contributed by atoms with Gasteiger partial charge in [0.05, 0.1) is 5.69 Å². The average molecular weight is 210 g/mol. The van der Waals surface area contributed by atoms with Gasteiger partial charge >= 0.3 is 0 Å². The Bertz CT molecular complexity index is 295. The number of anilines is 1. The summed E-state index contributed by atoms with van der Waals surface area (Å²) in [7, 11) is 0. The molecule has 14 heavy (non-hydrogen) atoms. The number of hydrogen-bond donors (Lipinski definition) is 1. The van der Waals surface area contributed by atoms with E-state index >= 15 is 0 Å². The third kappa shape index (κ3) is 2.27. The SMILES string of the molecule is CCCC1CC1Nc1nc(CC)cs1. The summed E-state index contributed by atoms with van der Waals surface area (Å²) in [4.78, 5) is 4.51. The van der Waals surface area contributed by atoms with Crippen LogP contribution in [0, 0.1) is 5.92 Å². The Balaban J connectivity index is 1.81. The molecule has 0 aliphatic heterocycles. The van der Waals surface area contributed by atoms with E-state index in [4.69, 9.17) is 0 Å². The van der Waals surface area contributed by atoms with Crippen molar-refractivity contribution < 1.29 is 0 Å². The van der Waals surface area contributed by atoms with E-state index in [1.807, 2.05) is 0 Å². The normalized spacial score (nSPS) is 25.0. The zero-order valence-corrected chi connectivity index (χ0v) is 9.73. The Labute approximate surface area is 89.8 Å². The van der Waals surface area contributed by atoms with Gasteiger partial charge in [-0.1, -0.05) is 20.3 Å². The molecule has 1 aliphatic rings. The predicted molar refractivity (Wildman–Crippen MR) is 61.9 cm³/mol. The van der Waals surface area contributed by atoms with Gasteiger partial charge < -0.3 is 5.32 Å². The summed E-state index contributed by atoms with van der Waals surface area (Å²) in [6.45, 7) is 4.41. The molecule has 2 nitrogen and oxygen atoms in total. The van der Waals surface area contributed by atoms with Gasteiger partial charge in [-0.15, -0.1) is 11.3 Å². The summed E-state index contributed by atoms with van der Waals surface area (Å²) in [5.74, 6) is 0.911. The fourth-order valence-electron chi connectivity index (χ4n) is 1.81. The number of nitrogens with one attached hydrogen (secondary N) is 1. The molecule has 1 aromatic rings. The molecule has 0 aromatic carbocycles. The van der Waals surface area contributed by atoms with E-state index in [0.29, 0.717) is 6.04 Å². The first-order valence-electron chi connectivity index (χ1n) is 5.54. The Kier molecular flexibility index (Phi) is 3.06. The third-order valence-corrected chi connectivity index (χ3v) is 3.63. The Morgan fingerprint density at radius 1 is 1.57 bits per heavy atom. The Hall–Kier alpha value is -0.570. The molecule has 0 amide bonds. The third-order valence-electron chi connectivity index (χ3n) is 2.80. The number of nitrogens with zero attached hydrogens (tertiary/aromatic N) is 1. The lowest BCUT2D eigenvalue weighted by Gasteiger charge is -1.99. The van der Waals surface area contributed by atoms with Crippen LogP contribution < -0.4 is 5.32 Å². The molecule has 1 saturated carbocycles. The number of hydrogen-bond acceptors (Lipinski definition) is 3. The first-order valence-corrected chi connectivity index (χ1v) is 6.42. The number of aromatic nitrogens is 1. The maximum absolute atomic E-state index is 4.51. The van der Waals surface area contributed by atoms with Gasteiger partial charge in [0.25, 0.3) is 0 Å². The molecule has 1 N–H and O–H groups in total. The van der Waals surface area contributed by atoms with E-state index < -0.39 is 0 Å². The Morgan fingerprint density at radius 2 is 2.43 bits per heavy atom. The monoisotopic (exact) mass is 210 g/mol. The second-order valence-corrected chi connectivity index (χ2v) is 4.89. The van der Waals surface area contributed by atoms with Gasteiger partial charge in [0.1, 0.15) is 0 Å². The highest BCUT2D eigenvalue weighted by Gasteiger charge is 2.36. The highest BCUT2D eigenvalue weighted by molar-refractivity contribution is 7.13. The number of thiazole rings is 1. The van der Waals surface area contributed by atoms with Crippen molar-refractivity contribution in [3.8, 4) is 0 Å². The maximum Gasteiger partial charge on any atom is 0.183 e. The highest BCUT2D eigenvalue weighted by Crippen LogP contribution is 2.37. The van der Waals surface area contributed by atoms with Gasteiger partial charge in [0.15, 0.2) is 5.13 Å². The highest BCUT2D eigenvalue weighted by atomic mass is 32.1. The molecule has 0 bridgehead atoms. The van der Waals surface area contributed by atoms with Crippen molar-refractivity contribution in [1.29, 1.82) is 0 Å². The van der Waals surface area contributed by atoms with Gasteiger partial charge in [-0.2, -0.15) is 0 Å². The average Bonchev–Trinajstić information content (AvgIpc) is 2.76. The van der Waals surface area contributed by atoms with Crippen LogP contribution >= 0.6 is 11.3 Å². The van der Waals surface area contributed by atoms with E-state index in [9.17, 15) is 0 Å². The molecule has 2 rings (SSSR count). The van der Waals surface area contributed by atoms with Gasteiger partial charge in [-0.05, 0) is 25.2 Å². The fraction of sp³-hybridized carbons (Fsp3) is 0.727. The van der Waals surface area contributed by atoms with E-state index in [1.54, 1.807) is 11.3 Å². The van der Waals surface area contributed by atoms with Crippen molar-refractivity contribution >= 4 is 16.5 Å². The van der Waals surface area contributed by atoms with Crippen molar-refractivity contribution in [2.75, 3.05) is 5.32 Å². The van der Waals surface area contributed by atoms with E-state index in [0.717, 1.165) is 17.5 Å².